The second kappa shape index (κ2) is 10.7. The normalized spacial score (nSPS) is 15.2. The fraction of sp³-hybridized carbons (Fsp3) is 0.500. The highest BCUT2D eigenvalue weighted by Crippen LogP contribution is 2.30. The predicted octanol–water partition coefficient (Wildman–Crippen LogP) is 2.27. The third-order valence-electron chi connectivity index (χ3n) is 4.47. The van der Waals surface area contributed by atoms with Gasteiger partial charge in [0, 0.05) is 38.1 Å². The van der Waals surface area contributed by atoms with E-state index in [9.17, 15) is 9.90 Å². The summed E-state index contributed by atoms with van der Waals surface area (Å²) in [5, 5.41) is 19.4. The molecule has 0 atom stereocenters. The van der Waals surface area contributed by atoms with Crippen LogP contribution >= 0.6 is 24.8 Å². The number of nitrogens with zero attached hydrogens (tertiary/aromatic N) is 2. The number of halogens is 2. The number of hydrogen-bond acceptors (Lipinski definition) is 7. The summed E-state index contributed by atoms with van der Waals surface area (Å²) in [7, 11) is 0. The standard InChI is InChI=1S/C18H24N2O5.2ClH/c1-2-24-18(23)17-14-11-13(22)3-4-15(14)25-16(17)12-20-7-5-19(6-8-20)9-10-21;;/h3-4,11,21-22H,2,5-10,12H2,1H3;2*1H. The second-order valence-corrected chi connectivity index (χ2v) is 6.14. The van der Waals surface area contributed by atoms with Gasteiger partial charge in [-0.2, -0.15) is 0 Å². The molecule has 7 nitrogen and oxygen atoms in total. The van der Waals surface area contributed by atoms with Gasteiger partial charge >= 0.3 is 5.97 Å². The van der Waals surface area contributed by atoms with Gasteiger partial charge < -0.3 is 19.4 Å². The van der Waals surface area contributed by atoms with E-state index in [1.807, 2.05) is 0 Å². The summed E-state index contributed by atoms with van der Waals surface area (Å²) in [4.78, 5) is 16.8. The van der Waals surface area contributed by atoms with E-state index in [-0.39, 0.29) is 43.8 Å². The fourth-order valence-electron chi connectivity index (χ4n) is 3.19. The Morgan fingerprint density at radius 1 is 1.19 bits per heavy atom. The Kier molecular flexibility index (Phi) is 9.35. The molecule has 1 aliphatic heterocycles. The first-order valence-electron chi connectivity index (χ1n) is 8.59. The van der Waals surface area contributed by atoms with Gasteiger partial charge in [0.25, 0.3) is 0 Å². The van der Waals surface area contributed by atoms with Gasteiger partial charge in [0.2, 0.25) is 0 Å². The van der Waals surface area contributed by atoms with E-state index in [2.05, 4.69) is 9.80 Å². The van der Waals surface area contributed by atoms with Crippen LogP contribution in [0.3, 0.4) is 0 Å². The van der Waals surface area contributed by atoms with E-state index in [1.54, 1.807) is 13.0 Å². The molecule has 0 radical (unpaired) electrons. The lowest BCUT2D eigenvalue weighted by molar-refractivity contribution is 0.0521. The van der Waals surface area contributed by atoms with Gasteiger partial charge in [0.15, 0.2) is 0 Å². The number of phenolic OH excluding ortho intramolecular Hbond substituents is 1. The van der Waals surface area contributed by atoms with Crippen molar-refractivity contribution in [3.8, 4) is 5.75 Å². The van der Waals surface area contributed by atoms with Gasteiger partial charge in [-0.25, -0.2) is 4.79 Å². The summed E-state index contributed by atoms with van der Waals surface area (Å²) in [5.74, 6) is 0.221. The fourth-order valence-corrected chi connectivity index (χ4v) is 3.19. The minimum atomic E-state index is -0.430. The Morgan fingerprint density at radius 3 is 2.48 bits per heavy atom. The first-order chi connectivity index (χ1) is 12.1. The number of piperazine rings is 1. The van der Waals surface area contributed by atoms with Crippen LogP contribution in [0, 0.1) is 0 Å². The molecule has 0 amide bonds. The molecule has 0 aliphatic carbocycles. The number of β-amino-alcohol motifs (C(OH)–C–C–N with tert-alkyl or cyclic N) is 1. The van der Waals surface area contributed by atoms with E-state index in [4.69, 9.17) is 14.3 Å². The lowest BCUT2D eigenvalue weighted by Gasteiger charge is -2.33. The van der Waals surface area contributed by atoms with Gasteiger partial charge in [-0.1, -0.05) is 0 Å². The molecule has 27 heavy (non-hydrogen) atoms. The number of furan rings is 1. The molecule has 2 aromatic rings. The largest absolute Gasteiger partial charge is 0.508 e. The first kappa shape index (κ1) is 23.5. The van der Waals surface area contributed by atoms with Crippen LogP contribution < -0.4 is 0 Å². The van der Waals surface area contributed by atoms with Crippen molar-refractivity contribution < 1.29 is 24.2 Å². The molecule has 0 unspecified atom stereocenters. The van der Waals surface area contributed by atoms with Gasteiger partial charge in [0.1, 0.15) is 22.7 Å². The highest BCUT2D eigenvalue weighted by Gasteiger charge is 2.25. The molecule has 1 aliphatic rings. The molecule has 0 bridgehead atoms. The number of benzene rings is 1. The van der Waals surface area contributed by atoms with E-state index in [0.29, 0.717) is 35.4 Å². The van der Waals surface area contributed by atoms with Crippen LogP contribution in [0.25, 0.3) is 11.0 Å². The number of hydrogen-bond donors (Lipinski definition) is 2. The van der Waals surface area contributed by atoms with Crippen LogP contribution in [0.15, 0.2) is 22.6 Å². The number of rotatable bonds is 6. The van der Waals surface area contributed by atoms with E-state index < -0.39 is 5.97 Å². The Hall–Kier alpha value is -1.51. The van der Waals surface area contributed by atoms with Crippen molar-refractivity contribution in [3.05, 3.63) is 29.5 Å². The van der Waals surface area contributed by atoms with Crippen molar-refractivity contribution in [2.75, 3.05) is 45.9 Å². The number of phenols is 1. The molecule has 1 saturated heterocycles. The molecule has 1 aromatic heterocycles. The zero-order chi connectivity index (χ0) is 17.8. The van der Waals surface area contributed by atoms with Crippen LogP contribution in [-0.2, 0) is 11.3 Å². The van der Waals surface area contributed by atoms with E-state index >= 15 is 0 Å². The summed E-state index contributed by atoms with van der Waals surface area (Å²) >= 11 is 0. The Bertz CT molecular complexity index is 745. The van der Waals surface area contributed by atoms with Crippen LogP contribution in [0.4, 0.5) is 0 Å². The SMILES string of the molecule is CCOC(=O)c1c(CN2CCN(CCO)CC2)oc2ccc(O)cc12.Cl.Cl. The third-order valence-corrected chi connectivity index (χ3v) is 4.47. The molecule has 3 rings (SSSR count). The molecule has 2 heterocycles. The molecule has 1 fully saturated rings. The summed E-state index contributed by atoms with van der Waals surface area (Å²) in [5.41, 5.74) is 0.959. The molecule has 1 aromatic carbocycles. The minimum absolute atomic E-state index is 0. The van der Waals surface area contributed by atoms with Crippen molar-refractivity contribution in [1.82, 2.24) is 9.80 Å². The number of carbonyl (C=O) groups is 1. The zero-order valence-electron chi connectivity index (χ0n) is 15.2. The second-order valence-electron chi connectivity index (χ2n) is 6.14. The minimum Gasteiger partial charge on any atom is -0.508 e. The van der Waals surface area contributed by atoms with Crippen LogP contribution in [-0.4, -0.2) is 71.9 Å². The van der Waals surface area contributed by atoms with E-state index in [1.165, 1.54) is 12.1 Å². The number of aromatic hydroxyl groups is 1. The molecule has 0 spiro atoms. The Morgan fingerprint density at radius 2 is 1.85 bits per heavy atom. The van der Waals surface area contributed by atoms with Gasteiger partial charge in [-0.05, 0) is 25.1 Å². The van der Waals surface area contributed by atoms with Crippen LogP contribution in [0.2, 0.25) is 0 Å². The predicted molar refractivity (Wildman–Crippen MR) is 107 cm³/mol. The summed E-state index contributed by atoms with van der Waals surface area (Å²) in [6, 6.07) is 4.74. The average molecular weight is 421 g/mol. The third kappa shape index (κ3) is 5.49. The van der Waals surface area contributed by atoms with Gasteiger partial charge in [-0.15, -0.1) is 24.8 Å². The monoisotopic (exact) mass is 420 g/mol. The number of carbonyl (C=O) groups excluding carboxylic acids is 1. The molecular weight excluding hydrogens is 395 g/mol. The topological polar surface area (TPSA) is 86.4 Å². The van der Waals surface area contributed by atoms with Gasteiger partial charge in [-0.3, -0.25) is 9.80 Å². The number of esters is 1. The maximum absolute atomic E-state index is 12.4. The maximum Gasteiger partial charge on any atom is 0.342 e. The first-order valence-corrected chi connectivity index (χ1v) is 8.59. The molecular formula is C18H26Cl2N2O5. The van der Waals surface area contributed by atoms with Crippen LogP contribution in [0.5, 0.6) is 5.75 Å². The quantitative estimate of drug-likeness (QED) is 0.692. The lowest BCUT2D eigenvalue weighted by Crippen LogP contribution is -2.46. The average Bonchev–Trinajstić information content (AvgIpc) is 2.94. The summed E-state index contributed by atoms with van der Waals surface area (Å²) in [6.07, 6.45) is 0. The van der Waals surface area contributed by atoms with Crippen molar-refractivity contribution in [1.29, 1.82) is 0 Å². The van der Waals surface area contributed by atoms with E-state index in [0.717, 1.165) is 26.2 Å². The van der Waals surface area contributed by atoms with Crippen molar-refractivity contribution >= 4 is 41.8 Å². The highest BCUT2D eigenvalue weighted by atomic mass is 35.5. The molecule has 0 saturated carbocycles. The maximum atomic E-state index is 12.4. The number of ether oxygens (including phenoxy) is 1. The lowest BCUT2D eigenvalue weighted by atomic mass is 10.1. The smallest absolute Gasteiger partial charge is 0.342 e. The summed E-state index contributed by atoms with van der Waals surface area (Å²) in [6.45, 7) is 6.82. The molecule has 9 heteroatoms. The Balaban J connectivity index is 0.00000182. The summed E-state index contributed by atoms with van der Waals surface area (Å²) < 4.78 is 11.1. The van der Waals surface area contributed by atoms with Crippen LogP contribution in [0.1, 0.15) is 23.0 Å². The number of fused-ring (bicyclic) bond motifs is 1. The van der Waals surface area contributed by atoms with Crippen molar-refractivity contribution in [2.45, 2.75) is 13.5 Å². The molecule has 152 valence electrons. The highest BCUT2D eigenvalue weighted by molar-refractivity contribution is 6.04. The van der Waals surface area contributed by atoms with Crippen molar-refractivity contribution in [3.63, 3.8) is 0 Å². The van der Waals surface area contributed by atoms with Crippen molar-refractivity contribution in [2.24, 2.45) is 0 Å². The molecule has 2 N–H and O–H groups in total. The zero-order valence-corrected chi connectivity index (χ0v) is 16.9. The Labute approximate surface area is 170 Å². The van der Waals surface area contributed by atoms with Gasteiger partial charge in [0.05, 0.1) is 19.8 Å². The number of aliphatic hydroxyl groups is 1. The number of aliphatic hydroxyl groups excluding tert-OH is 1.